The predicted molar refractivity (Wildman–Crippen MR) is 83.3 cm³/mol. The van der Waals surface area contributed by atoms with Crippen LogP contribution in [0, 0.1) is 0 Å². The van der Waals surface area contributed by atoms with E-state index in [4.69, 9.17) is 16.3 Å². The average molecular weight is 305 g/mol. The van der Waals surface area contributed by atoms with Crippen molar-refractivity contribution >= 4 is 33.2 Å². The van der Waals surface area contributed by atoms with Crippen molar-refractivity contribution in [3.05, 3.63) is 46.7 Å². The highest BCUT2D eigenvalue weighted by Gasteiger charge is 2.16. The second kappa shape index (κ2) is 5.48. The van der Waals surface area contributed by atoms with E-state index in [0.29, 0.717) is 11.0 Å². The van der Waals surface area contributed by atoms with E-state index >= 15 is 0 Å². The van der Waals surface area contributed by atoms with Gasteiger partial charge >= 0.3 is 0 Å². The molecule has 3 nitrogen and oxygen atoms in total. The summed E-state index contributed by atoms with van der Waals surface area (Å²) >= 11 is 7.93. The molecule has 3 aromatic rings. The third-order valence-electron chi connectivity index (χ3n) is 3.21. The molecule has 0 spiro atoms. The van der Waals surface area contributed by atoms with Crippen LogP contribution in [0.2, 0.25) is 5.15 Å². The Morgan fingerprint density at radius 3 is 2.65 bits per heavy atom. The summed E-state index contributed by atoms with van der Waals surface area (Å²) in [5.41, 5.74) is 2.20. The number of hydrogen-bond acceptors (Lipinski definition) is 4. The van der Waals surface area contributed by atoms with Crippen LogP contribution in [-0.2, 0) is 4.74 Å². The third kappa shape index (κ3) is 2.30. The largest absolute Gasteiger partial charge is 0.374 e. The number of rotatable bonds is 3. The molecule has 0 radical (unpaired) electrons. The van der Waals surface area contributed by atoms with Crippen LogP contribution in [0.3, 0.4) is 0 Å². The zero-order valence-corrected chi connectivity index (χ0v) is 12.7. The summed E-state index contributed by atoms with van der Waals surface area (Å²) < 4.78 is 5.25. The second-order valence-electron chi connectivity index (χ2n) is 4.45. The van der Waals surface area contributed by atoms with Gasteiger partial charge in [-0.25, -0.2) is 9.97 Å². The van der Waals surface area contributed by atoms with Crippen molar-refractivity contribution in [2.24, 2.45) is 0 Å². The van der Waals surface area contributed by atoms with Gasteiger partial charge in [0.1, 0.15) is 16.1 Å². The molecule has 0 saturated heterocycles. The van der Waals surface area contributed by atoms with Crippen LogP contribution in [0.1, 0.15) is 18.9 Å². The fraction of sp³-hybridized carbons (Fsp3) is 0.200. The lowest BCUT2D eigenvalue weighted by Gasteiger charge is -2.08. The van der Waals surface area contributed by atoms with E-state index in [1.165, 1.54) is 0 Å². The Bertz CT molecular complexity index is 742. The minimum atomic E-state index is -0.167. The molecule has 20 heavy (non-hydrogen) atoms. The number of methoxy groups -OCH3 is 1. The van der Waals surface area contributed by atoms with Gasteiger partial charge in [-0.2, -0.15) is 0 Å². The van der Waals surface area contributed by atoms with Crippen molar-refractivity contribution in [3.8, 4) is 11.1 Å². The number of benzene rings is 1. The Kier molecular flexibility index (Phi) is 3.70. The first kappa shape index (κ1) is 13.5. The minimum Gasteiger partial charge on any atom is -0.374 e. The van der Waals surface area contributed by atoms with E-state index in [2.05, 4.69) is 27.5 Å². The fourth-order valence-electron chi connectivity index (χ4n) is 2.03. The van der Waals surface area contributed by atoms with Gasteiger partial charge in [0.25, 0.3) is 0 Å². The van der Waals surface area contributed by atoms with Crippen molar-refractivity contribution in [1.29, 1.82) is 0 Å². The highest BCUT2D eigenvalue weighted by molar-refractivity contribution is 7.17. The molecule has 0 amide bonds. The van der Waals surface area contributed by atoms with E-state index < -0.39 is 0 Å². The Morgan fingerprint density at radius 1 is 1.20 bits per heavy atom. The lowest BCUT2D eigenvalue weighted by atomic mass is 10.1. The summed E-state index contributed by atoms with van der Waals surface area (Å²) in [7, 11) is 1.63. The number of hydrogen-bond donors (Lipinski definition) is 0. The topological polar surface area (TPSA) is 35.0 Å². The van der Waals surface area contributed by atoms with Crippen LogP contribution < -0.4 is 0 Å². The molecule has 2 heterocycles. The fourth-order valence-corrected chi connectivity index (χ4v) is 3.32. The maximum Gasteiger partial charge on any atom is 0.160 e. The van der Waals surface area contributed by atoms with E-state index in [0.717, 1.165) is 21.3 Å². The van der Waals surface area contributed by atoms with Gasteiger partial charge in [0.2, 0.25) is 0 Å². The average Bonchev–Trinajstić information content (AvgIpc) is 2.91. The molecular formula is C15H13ClN2OS. The summed E-state index contributed by atoms with van der Waals surface area (Å²) in [5.74, 6) is 0.617. The van der Waals surface area contributed by atoms with Gasteiger partial charge in [0.15, 0.2) is 5.82 Å². The van der Waals surface area contributed by atoms with E-state index in [1.807, 2.05) is 25.1 Å². The zero-order valence-electron chi connectivity index (χ0n) is 11.1. The van der Waals surface area contributed by atoms with Crippen LogP contribution in [0.15, 0.2) is 35.7 Å². The molecule has 1 aromatic carbocycles. The van der Waals surface area contributed by atoms with E-state index in [-0.39, 0.29) is 6.10 Å². The number of fused-ring (bicyclic) bond motifs is 1. The minimum absolute atomic E-state index is 0.167. The maximum absolute atomic E-state index is 6.36. The van der Waals surface area contributed by atoms with Crippen LogP contribution >= 0.6 is 22.9 Å². The number of nitrogens with zero attached hydrogens (tertiary/aromatic N) is 2. The normalized spacial score (nSPS) is 12.8. The number of aromatic nitrogens is 2. The van der Waals surface area contributed by atoms with Gasteiger partial charge in [-0.05, 0) is 12.5 Å². The van der Waals surface area contributed by atoms with Crippen LogP contribution in [0.4, 0.5) is 0 Å². The van der Waals surface area contributed by atoms with Gasteiger partial charge in [-0.3, -0.25) is 0 Å². The molecule has 2 aromatic heterocycles. The zero-order chi connectivity index (χ0) is 14.1. The molecule has 5 heteroatoms. The number of ether oxygens (including phenoxy) is 1. The van der Waals surface area contributed by atoms with Crippen molar-refractivity contribution in [3.63, 3.8) is 0 Å². The summed E-state index contributed by atoms with van der Waals surface area (Å²) in [5, 5.41) is 3.46. The SMILES string of the molecule is COC(C)c1nc(Cl)c2c(-c3ccccc3)csc2n1. The molecule has 0 aliphatic rings. The lowest BCUT2D eigenvalue weighted by Crippen LogP contribution is -2.02. The molecule has 0 N–H and O–H groups in total. The molecule has 1 atom stereocenters. The molecule has 1 unspecified atom stereocenters. The van der Waals surface area contributed by atoms with Crippen molar-refractivity contribution in [2.75, 3.05) is 7.11 Å². The molecule has 3 rings (SSSR count). The third-order valence-corrected chi connectivity index (χ3v) is 4.35. The van der Waals surface area contributed by atoms with Gasteiger partial charge in [0.05, 0.1) is 5.39 Å². The highest BCUT2D eigenvalue weighted by Crippen LogP contribution is 2.37. The molecule has 102 valence electrons. The summed E-state index contributed by atoms with van der Waals surface area (Å²) in [6.07, 6.45) is -0.167. The molecule has 0 saturated carbocycles. The first-order valence-corrected chi connectivity index (χ1v) is 7.49. The molecule has 0 aliphatic heterocycles. The first-order valence-electron chi connectivity index (χ1n) is 6.23. The smallest absolute Gasteiger partial charge is 0.160 e. The molecule has 0 fully saturated rings. The Hall–Kier alpha value is -1.49. The van der Waals surface area contributed by atoms with Gasteiger partial charge in [-0.1, -0.05) is 41.9 Å². The van der Waals surface area contributed by atoms with Gasteiger partial charge in [0, 0.05) is 18.1 Å². The highest BCUT2D eigenvalue weighted by atomic mass is 35.5. The monoisotopic (exact) mass is 304 g/mol. The number of thiophene rings is 1. The first-order chi connectivity index (χ1) is 9.70. The molecular weight excluding hydrogens is 292 g/mol. The van der Waals surface area contributed by atoms with E-state index in [1.54, 1.807) is 18.4 Å². The van der Waals surface area contributed by atoms with Crippen LogP contribution in [0.5, 0.6) is 0 Å². The number of halogens is 1. The van der Waals surface area contributed by atoms with Crippen LogP contribution in [-0.4, -0.2) is 17.1 Å². The van der Waals surface area contributed by atoms with Gasteiger partial charge < -0.3 is 4.74 Å². The maximum atomic E-state index is 6.36. The van der Waals surface area contributed by atoms with E-state index in [9.17, 15) is 0 Å². The lowest BCUT2D eigenvalue weighted by molar-refractivity contribution is 0.112. The predicted octanol–water partition coefficient (Wildman–Crippen LogP) is 4.72. The second-order valence-corrected chi connectivity index (χ2v) is 5.66. The summed E-state index contributed by atoms with van der Waals surface area (Å²) in [6, 6.07) is 10.1. The molecule has 0 aliphatic carbocycles. The van der Waals surface area contributed by atoms with Crippen molar-refractivity contribution in [2.45, 2.75) is 13.0 Å². The summed E-state index contributed by atoms with van der Waals surface area (Å²) in [4.78, 5) is 9.81. The Labute approximate surface area is 126 Å². The standard InChI is InChI=1S/C15H13ClN2OS/c1-9(19-2)14-17-13(16)12-11(8-20-15(12)18-14)10-6-4-3-5-7-10/h3-9H,1-2H3. The Morgan fingerprint density at radius 2 is 1.95 bits per heavy atom. The Balaban J connectivity index is 2.19. The van der Waals surface area contributed by atoms with Gasteiger partial charge in [-0.15, -0.1) is 11.3 Å². The quantitative estimate of drug-likeness (QED) is 0.657. The van der Waals surface area contributed by atoms with Crippen LogP contribution in [0.25, 0.3) is 21.3 Å². The molecule has 0 bridgehead atoms. The van der Waals surface area contributed by atoms with Crippen molar-refractivity contribution in [1.82, 2.24) is 9.97 Å². The van der Waals surface area contributed by atoms with Crippen molar-refractivity contribution < 1.29 is 4.74 Å². The summed E-state index contributed by atoms with van der Waals surface area (Å²) in [6.45, 7) is 1.91.